The molecule has 0 amide bonds. The molecule has 4 heteroatoms. The molecular weight excluding hydrogens is 228 g/mol. The van der Waals surface area contributed by atoms with Gasteiger partial charge in [0.15, 0.2) is 0 Å². The number of aryl methyl sites for hydroxylation is 1. The van der Waals surface area contributed by atoms with E-state index in [0.29, 0.717) is 0 Å². The van der Waals surface area contributed by atoms with Crippen LogP contribution in [0.2, 0.25) is 0 Å². The van der Waals surface area contributed by atoms with Crippen LogP contribution in [0.3, 0.4) is 0 Å². The van der Waals surface area contributed by atoms with E-state index < -0.39 is 0 Å². The number of H-pyrrole nitrogens is 1. The van der Waals surface area contributed by atoms with Gasteiger partial charge in [-0.25, -0.2) is 4.98 Å². The molecule has 18 heavy (non-hydrogen) atoms. The fourth-order valence-electron chi connectivity index (χ4n) is 2.02. The maximum Gasteiger partial charge on any atom is 0.211 e. The average Bonchev–Trinajstić information content (AvgIpc) is 2.38. The SMILES string of the molecule is Cc1cccc2[nH+]c3ccccc3cc12.O=N[O-]. The fourth-order valence-corrected chi connectivity index (χ4v) is 2.02. The number of para-hydroxylation sites is 1. The Morgan fingerprint density at radius 1 is 1.06 bits per heavy atom. The molecule has 0 saturated carbocycles. The molecule has 3 aromatic rings. The lowest BCUT2D eigenvalue weighted by atomic mass is 10.1. The monoisotopic (exact) mass is 240 g/mol. The molecule has 0 spiro atoms. The second kappa shape index (κ2) is 5.23. The summed E-state index contributed by atoms with van der Waals surface area (Å²) in [6.45, 7) is 2.14. The first-order chi connectivity index (χ1) is 8.76. The summed E-state index contributed by atoms with van der Waals surface area (Å²) in [5.74, 6) is 0. The predicted octanol–water partition coefficient (Wildman–Crippen LogP) is 3.37. The lowest BCUT2D eigenvalue weighted by molar-refractivity contribution is -0.310. The van der Waals surface area contributed by atoms with E-state index in [2.05, 4.69) is 60.4 Å². The summed E-state index contributed by atoms with van der Waals surface area (Å²) >= 11 is 0. The number of nitrogens with zero attached hydrogens (tertiary/aromatic N) is 1. The highest BCUT2D eigenvalue weighted by atomic mass is 16.6. The molecule has 0 atom stereocenters. The van der Waals surface area contributed by atoms with Crippen molar-refractivity contribution < 1.29 is 4.98 Å². The Hall–Kier alpha value is -2.49. The van der Waals surface area contributed by atoms with Crippen LogP contribution < -0.4 is 4.98 Å². The molecular formula is C14H12N2O2. The van der Waals surface area contributed by atoms with Crippen LogP contribution in [0, 0.1) is 17.0 Å². The second-order valence-electron chi connectivity index (χ2n) is 3.97. The van der Waals surface area contributed by atoms with Crippen molar-refractivity contribution >= 4 is 21.8 Å². The van der Waals surface area contributed by atoms with Gasteiger partial charge in [-0.2, -0.15) is 0 Å². The summed E-state index contributed by atoms with van der Waals surface area (Å²) in [6, 6.07) is 17.0. The molecule has 1 N–H and O–H groups in total. The third kappa shape index (κ3) is 2.27. The number of aromatic amines is 1. The molecule has 3 rings (SSSR count). The molecule has 0 unspecified atom stereocenters. The topological polar surface area (TPSA) is 66.6 Å². The van der Waals surface area contributed by atoms with E-state index in [1.54, 1.807) is 0 Å². The minimum Gasteiger partial charge on any atom is -0.444 e. The number of fused-ring (bicyclic) bond motifs is 2. The molecule has 1 aromatic heterocycles. The number of nitrogens with one attached hydrogen (secondary N) is 1. The largest absolute Gasteiger partial charge is 0.444 e. The van der Waals surface area contributed by atoms with Gasteiger partial charge < -0.3 is 10.1 Å². The Labute approximate surface area is 104 Å². The molecule has 0 fully saturated rings. The summed E-state index contributed by atoms with van der Waals surface area (Å²) in [5.41, 5.74) is 3.71. The number of aromatic nitrogens is 1. The minimum absolute atomic E-state index is 1.00. The maximum atomic E-state index is 8.00. The highest BCUT2D eigenvalue weighted by Crippen LogP contribution is 2.18. The van der Waals surface area contributed by atoms with Crippen LogP contribution in [0.15, 0.2) is 53.9 Å². The van der Waals surface area contributed by atoms with Crippen molar-refractivity contribution in [2.75, 3.05) is 0 Å². The van der Waals surface area contributed by atoms with Crippen molar-refractivity contribution in [3.8, 4) is 0 Å². The third-order valence-electron chi connectivity index (χ3n) is 2.85. The number of benzene rings is 2. The molecule has 90 valence electrons. The molecule has 0 aliphatic rings. The van der Waals surface area contributed by atoms with Crippen LogP contribution in [0.1, 0.15) is 5.56 Å². The Balaban J connectivity index is 0.000000367. The molecule has 2 aromatic carbocycles. The molecule has 0 aliphatic heterocycles. The van der Waals surface area contributed by atoms with E-state index in [1.807, 2.05) is 0 Å². The van der Waals surface area contributed by atoms with Crippen LogP contribution >= 0.6 is 0 Å². The zero-order chi connectivity index (χ0) is 13.0. The highest BCUT2D eigenvalue weighted by molar-refractivity contribution is 5.89. The molecule has 0 saturated heterocycles. The summed E-state index contributed by atoms with van der Waals surface area (Å²) in [4.78, 5) is 11.5. The molecule has 0 radical (unpaired) electrons. The van der Waals surface area contributed by atoms with Gasteiger partial charge in [0.05, 0.1) is 0 Å². The predicted molar refractivity (Wildman–Crippen MR) is 71.9 cm³/mol. The van der Waals surface area contributed by atoms with Gasteiger partial charge in [-0.15, -0.1) is 5.34 Å². The fraction of sp³-hybridized carbons (Fsp3) is 0.0714. The number of pyridine rings is 1. The Bertz CT molecular complexity index is 696. The van der Waals surface area contributed by atoms with E-state index in [1.165, 1.54) is 27.4 Å². The van der Waals surface area contributed by atoms with Gasteiger partial charge >= 0.3 is 0 Å². The maximum absolute atomic E-state index is 8.00. The first kappa shape index (κ1) is 12.0. The second-order valence-corrected chi connectivity index (χ2v) is 3.97. The summed E-state index contributed by atoms with van der Waals surface area (Å²) in [5, 5.41) is 11.6. The van der Waals surface area contributed by atoms with E-state index >= 15 is 0 Å². The average molecular weight is 240 g/mol. The van der Waals surface area contributed by atoms with Crippen LogP contribution in [0.25, 0.3) is 21.8 Å². The minimum atomic E-state index is 1.00. The van der Waals surface area contributed by atoms with Crippen molar-refractivity contribution in [2.45, 2.75) is 6.92 Å². The normalized spacial score (nSPS) is 9.83. The van der Waals surface area contributed by atoms with Gasteiger partial charge in [-0.1, -0.05) is 24.3 Å². The van der Waals surface area contributed by atoms with Gasteiger partial charge in [0, 0.05) is 22.9 Å². The van der Waals surface area contributed by atoms with E-state index in [0.717, 1.165) is 5.34 Å². The standard InChI is InChI=1S/C14H11N.HNO2/c1-10-5-4-8-14-12(10)9-11-6-2-3-7-13(11)15-14;2-1-3/h2-9H,1H3;(H,2,3). The van der Waals surface area contributed by atoms with Crippen LogP contribution in [-0.2, 0) is 0 Å². The van der Waals surface area contributed by atoms with Crippen LogP contribution in [-0.4, -0.2) is 0 Å². The number of hydrogen-bond acceptors (Lipinski definition) is 3. The van der Waals surface area contributed by atoms with Crippen molar-refractivity contribution in [1.29, 1.82) is 0 Å². The lowest BCUT2D eigenvalue weighted by Gasteiger charge is -1.98. The highest BCUT2D eigenvalue weighted by Gasteiger charge is 2.05. The lowest BCUT2D eigenvalue weighted by Crippen LogP contribution is -2.05. The molecule has 4 nitrogen and oxygen atoms in total. The first-order valence-corrected chi connectivity index (χ1v) is 5.51. The van der Waals surface area contributed by atoms with E-state index in [9.17, 15) is 0 Å². The first-order valence-electron chi connectivity index (χ1n) is 5.51. The smallest absolute Gasteiger partial charge is 0.211 e. The van der Waals surface area contributed by atoms with Crippen molar-refractivity contribution in [1.82, 2.24) is 0 Å². The van der Waals surface area contributed by atoms with Crippen LogP contribution in [0.4, 0.5) is 0 Å². The Morgan fingerprint density at radius 3 is 2.50 bits per heavy atom. The molecule has 0 aliphatic carbocycles. The van der Waals surface area contributed by atoms with Gasteiger partial charge in [-0.3, -0.25) is 0 Å². The quantitative estimate of drug-likeness (QED) is 0.343. The molecule has 0 bridgehead atoms. The van der Waals surface area contributed by atoms with Crippen molar-refractivity contribution in [3.05, 3.63) is 64.2 Å². The Morgan fingerprint density at radius 2 is 1.72 bits per heavy atom. The van der Waals surface area contributed by atoms with Gasteiger partial charge in [0.2, 0.25) is 11.0 Å². The number of hydrogen-bond donors (Lipinski definition) is 0. The van der Waals surface area contributed by atoms with Gasteiger partial charge in [-0.05, 0) is 24.6 Å². The Kier molecular flexibility index (Phi) is 3.48. The zero-order valence-corrected chi connectivity index (χ0v) is 9.88. The summed E-state index contributed by atoms with van der Waals surface area (Å²) < 4.78 is 0. The molecule has 1 heterocycles. The van der Waals surface area contributed by atoms with E-state index in [-0.39, 0.29) is 0 Å². The summed E-state index contributed by atoms with van der Waals surface area (Å²) in [6.07, 6.45) is 0. The van der Waals surface area contributed by atoms with Crippen LogP contribution in [0.5, 0.6) is 0 Å². The van der Waals surface area contributed by atoms with Crippen molar-refractivity contribution in [3.63, 3.8) is 0 Å². The summed E-state index contributed by atoms with van der Waals surface area (Å²) in [7, 11) is 0. The van der Waals surface area contributed by atoms with E-state index in [4.69, 9.17) is 10.1 Å². The number of rotatable bonds is 0. The van der Waals surface area contributed by atoms with Crippen molar-refractivity contribution in [2.24, 2.45) is 5.34 Å². The van der Waals surface area contributed by atoms with Gasteiger partial charge in [0.1, 0.15) is 0 Å². The zero-order valence-electron chi connectivity index (χ0n) is 9.88. The van der Waals surface area contributed by atoms with Gasteiger partial charge in [0.25, 0.3) is 0 Å². The third-order valence-corrected chi connectivity index (χ3v) is 2.85.